The van der Waals surface area contributed by atoms with Crippen LogP contribution in [0, 0.1) is 0 Å². The van der Waals surface area contributed by atoms with E-state index in [-0.39, 0.29) is 0 Å². The molecular weight excluding hydrogens is 256 g/mol. The third-order valence-corrected chi connectivity index (χ3v) is 4.36. The Hall–Kier alpha value is -2.22. The van der Waals surface area contributed by atoms with Crippen LogP contribution in [0.2, 0.25) is 0 Å². The average molecular weight is 274 g/mol. The highest BCUT2D eigenvalue weighted by molar-refractivity contribution is 6.19. The van der Waals surface area contributed by atoms with E-state index in [0.717, 1.165) is 32.4 Å². The number of nitrogens with zero attached hydrogens (tertiary/aromatic N) is 2. The third-order valence-electron chi connectivity index (χ3n) is 4.36. The lowest BCUT2D eigenvalue weighted by atomic mass is 9.90. The first kappa shape index (κ1) is 12.5. The van der Waals surface area contributed by atoms with Crippen molar-refractivity contribution in [1.82, 2.24) is 0 Å². The molecule has 0 radical (unpaired) electrons. The van der Waals surface area contributed by atoms with Crippen LogP contribution < -0.4 is 0 Å². The van der Waals surface area contributed by atoms with Crippen molar-refractivity contribution in [2.45, 2.75) is 19.3 Å². The van der Waals surface area contributed by atoms with Crippen molar-refractivity contribution in [3.05, 3.63) is 70.8 Å². The van der Waals surface area contributed by atoms with Gasteiger partial charge in [0.1, 0.15) is 0 Å². The molecule has 0 N–H and O–H groups in total. The Labute approximate surface area is 125 Å². The summed E-state index contributed by atoms with van der Waals surface area (Å²) in [5, 5.41) is 0. The first-order chi connectivity index (χ1) is 10.4. The molecule has 0 fully saturated rings. The minimum absolute atomic E-state index is 0.855. The summed E-state index contributed by atoms with van der Waals surface area (Å²) in [5.74, 6) is 0. The molecule has 2 nitrogen and oxygen atoms in total. The van der Waals surface area contributed by atoms with Gasteiger partial charge < -0.3 is 0 Å². The summed E-state index contributed by atoms with van der Waals surface area (Å²) in [6.45, 7) is 1.81. The smallest absolute Gasteiger partial charge is 0.0483 e. The van der Waals surface area contributed by atoms with E-state index >= 15 is 0 Å². The zero-order chi connectivity index (χ0) is 14.1. The summed E-state index contributed by atoms with van der Waals surface area (Å²) < 4.78 is 0. The highest BCUT2D eigenvalue weighted by Crippen LogP contribution is 2.22. The van der Waals surface area contributed by atoms with E-state index in [9.17, 15) is 0 Å². The van der Waals surface area contributed by atoms with Crippen molar-refractivity contribution in [2.24, 2.45) is 9.98 Å². The van der Waals surface area contributed by atoms with Crippen LogP contribution in [0.3, 0.4) is 0 Å². The van der Waals surface area contributed by atoms with E-state index in [4.69, 9.17) is 9.98 Å². The number of aliphatic imine (C=N–C) groups is 2. The number of rotatable bonds is 2. The maximum atomic E-state index is 4.77. The summed E-state index contributed by atoms with van der Waals surface area (Å²) in [5.41, 5.74) is 7.88. The zero-order valence-electron chi connectivity index (χ0n) is 12.0. The Morgan fingerprint density at radius 2 is 1.14 bits per heavy atom. The summed E-state index contributed by atoms with van der Waals surface area (Å²) in [6.07, 6.45) is 2.97. The van der Waals surface area contributed by atoms with E-state index in [2.05, 4.69) is 48.5 Å². The van der Waals surface area contributed by atoms with Gasteiger partial charge in [0.2, 0.25) is 0 Å². The lowest BCUT2D eigenvalue weighted by Gasteiger charge is -2.21. The molecule has 0 saturated heterocycles. The van der Waals surface area contributed by atoms with Crippen molar-refractivity contribution in [3.8, 4) is 0 Å². The van der Waals surface area contributed by atoms with Gasteiger partial charge in [-0.3, -0.25) is 9.98 Å². The van der Waals surface area contributed by atoms with Gasteiger partial charge in [-0.2, -0.15) is 0 Å². The van der Waals surface area contributed by atoms with Crippen molar-refractivity contribution < 1.29 is 0 Å². The Morgan fingerprint density at radius 3 is 1.67 bits per heavy atom. The highest BCUT2D eigenvalue weighted by Gasteiger charge is 2.19. The summed E-state index contributed by atoms with van der Waals surface area (Å²) >= 11 is 0. The molecule has 0 atom stereocenters. The van der Waals surface area contributed by atoms with Crippen LogP contribution in [0.15, 0.2) is 58.5 Å². The molecule has 2 aromatic carbocycles. The Kier molecular flexibility index (Phi) is 3.15. The van der Waals surface area contributed by atoms with Gasteiger partial charge in [0.15, 0.2) is 0 Å². The Morgan fingerprint density at radius 1 is 0.667 bits per heavy atom. The number of fused-ring (bicyclic) bond motifs is 2. The number of benzene rings is 2. The predicted octanol–water partition coefficient (Wildman–Crippen LogP) is 3.47. The molecule has 2 heteroatoms. The van der Waals surface area contributed by atoms with Gasteiger partial charge in [-0.1, -0.05) is 48.5 Å². The molecule has 0 unspecified atom stereocenters. The maximum Gasteiger partial charge on any atom is 0.0483 e. The van der Waals surface area contributed by atoms with E-state index in [1.54, 1.807) is 0 Å². The first-order valence-corrected chi connectivity index (χ1v) is 7.65. The summed E-state index contributed by atoms with van der Waals surface area (Å²) in [7, 11) is 0. The summed E-state index contributed by atoms with van der Waals surface area (Å²) in [4.78, 5) is 9.55. The lowest BCUT2D eigenvalue weighted by Crippen LogP contribution is -2.20. The van der Waals surface area contributed by atoms with Gasteiger partial charge in [-0.15, -0.1) is 0 Å². The van der Waals surface area contributed by atoms with Crippen molar-refractivity contribution in [2.75, 3.05) is 13.1 Å². The summed E-state index contributed by atoms with van der Waals surface area (Å²) in [6, 6.07) is 17.3. The molecule has 0 saturated carbocycles. The predicted molar refractivity (Wildman–Crippen MR) is 87.7 cm³/mol. The second kappa shape index (κ2) is 5.28. The largest absolute Gasteiger partial charge is 0.288 e. The van der Waals surface area contributed by atoms with Gasteiger partial charge >= 0.3 is 0 Å². The average Bonchev–Trinajstić information content (AvgIpc) is 2.56. The quantitative estimate of drug-likeness (QED) is 0.801. The molecule has 0 aliphatic carbocycles. The fourth-order valence-electron chi connectivity index (χ4n) is 3.29. The fourth-order valence-corrected chi connectivity index (χ4v) is 3.29. The van der Waals surface area contributed by atoms with Crippen molar-refractivity contribution >= 4 is 11.4 Å². The second-order valence-electron chi connectivity index (χ2n) is 5.65. The maximum absolute atomic E-state index is 4.77. The molecule has 0 spiro atoms. The van der Waals surface area contributed by atoms with Gasteiger partial charge in [-0.25, -0.2) is 0 Å². The van der Waals surface area contributed by atoms with Crippen LogP contribution in [-0.4, -0.2) is 24.5 Å². The standard InChI is InChI=1S/C19H18N2/c1-3-7-16-14(5-1)9-11-20-18(16)13-19-17-8-4-2-6-15(17)10-12-21-19/h1-8H,9-13H2. The zero-order valence-corrected chi connectivity index (χ0v) is 12.0. The molecule has 4 rings (SSSR count). The number of hydrogen-bond acceptors (Lipinski definition) is 2. The fraction of sp³-hybridized carbons (Fsp3) is 0.263. The van der Waals surface area contributed by atoms with E-state index in [0.29, 0.717) is 0 Å². The van der Waals surface area contributed by atoms with Gasteiger partial charge in [-0.05, 0) is 35.1 Å². The van der Waals surface area contributed by atoms with Crippen LogP contribution in [0.1, 0.15) is 28.7 Å². The molecule has 21 heavy (non-hydrogen) atoms. The SMILES string of the molecule is c1ccc2c(c1)CCN=C2CC1=NCCc2ccccc21. The van der Waals surface area contributed by atoms with Crippen LogP contribution in [0.25, 0.3) is 0 Å². The molecule has 0 aromatic heterocycles. The van der Waals surface area contributed by atoms with Crippen LogP contribution in [0.5, 0.6) is 0 Å². The second-order valence-corrected chi connectivity index (χ2v) is 5.65. The lowest BCUT2D eigenvalue weighted by molar-refractivity contribution is 0.925. The molecule has 104 valence electrons. The van der Waals surface area contributed by atoms with Crippen LogP contribution >= 0.6 is 0 Å². The highest BCUT2D eigenvalue weighted by atomic mass is 14.8. The van der Waals surface area contributed by atoms with Crippen LogP contribution in [0.4, 0.5) is 0 Å². The number of hydrogen-bond donors (Lipinski definition) is 0. The molecule has 2 aliphatic rings. The molecule has 2 aromatic rings. The van der Waals surface area contributed by atoms with Crippen molar-refractivity contribution in [1.29, 1.82) is 0 Å². The normalized spacial score (nSPS) is 16.6. The van der Waals surface area contributed by atoms with Crippen molar-refractivity contribution in [3.63, 3.8) is 0 Å². The molecular formula is C19H18N2. The van der Waals surface area contributed by atoms with Gasteiger partial charge in [0.05, 0.1) is 0 Å². The first-order valence-electron chi connectivity index (χ1n) is 7.65. The minimum Gasteiger partial charge on any atom is -0.288 e. The molecule has 0 bridgehead atoms. The molecule has 2 heterocycles. The van der Waals surface area contributed by atoms with E-state index < -0.39 is 0 Å². The van der Waals surface area contributed by atoms with Gasteiger partial charge in [0, 0.05) is 30.9 Å². The third kappa shape index (κ3) is 2.31. The van der Waals surface area contributed by atoms with E-state index in [1.807, 2.05) is 0 Å². The van der Waals surface area contributed by atoms with Crippen LogP contribution in [-0.2, 0) is 12.8 Å². The molecule has 0 amide bonds. The monoisotopic (exact) mass is 274 g/mol. The van der Waals surface area contributed by atoms with E-state index in [1.165, 1.54) is 33.7 Å². The molecule has 2 aliphatic heterocycles. The minimum atomic E-state index is 0.855. The Bertz CT molecular complexity index is 677. The Balaban J connectivity index is 1.68. The topological polar surface area (TPSA) is 24.7 Å². The van der Waals surface area contributed by atoms with Gasteiger partial charge in [0.25, 0.3) is 0 Å².